The van der Waals surface area contributed by atoms with E-state index in [-0.39, 0.29) is 0 Å². The number of aryl methyl sites for hydroxylation is 1. The van der Waals surface area contributed by atoms with E-state index in [9.17, 15) is 4.79 Å². The molecule has 0 bridgehead atoms. The third-order valence-corrected chi connectivity index (χ3v) is 2.94. The molecule has 0 aliphatic rings. The summed E-state index contributed by atoms with van der Waals surface area (Å²) < 4.78 is 5.31. The van der Waals surface area contributed by atoms with E-state index in [1.54, 1.807) is 6.07 Å². The Labute approximate surface area is 102 Å². The number of rotatable bonds is 1. The van der Waals surface area contributed by atoms with E-state index in [1.807, 2.05) is 25.1 Å². The summed E-state index contributed by atoms with van der Waals surface area (Å²) in [5.74, 6) is -0.427. The summed E-state index contributed by atoms with van der Waals surface area (Å²) in [6.45, 7) is 2.01. The highest BCUT2D eigenvalue weighted by molar-refractivity contribution is 9.10. The number of carbonyl (C=O) groups is 1. The Bertz CT molecular complexity index is 566. The third-order valence-electron chi connectivity index (χ3n) is 2.33. The van der Waals surface area contributed by atoms with Crippen molar-refractivity contribution in [2.45, 2.75) is 6.92 Å². The molecule has 1 heterocycles. The van der Waals surface area contributed by atoms with Crippen molar-refractivity contribution in [1.82, 2.24) is 4.98 Å². The number of fused-ring (bicyclic) bond motifs is 1. The standard InChI is InChI=1S/C12H10BrNO2/c1-7-3-4-9-8(5-7)6-10(12(15)16-2)14-11(9)13/h3-6H,1-2H3. The van der Waals surface area contributed by atoms with Gasteiger partial charge in [0.15, 0.2) is 0 Å². The van der Waals surface area contributed by atoms with Crippen LogP contribution in [-0.4, -0.2) is 18.1 Å². The van der Waals surface area contributed by atoms with Crippen LogP contribution in [0.4, 0.5) is 0 Å². The molecule has 82 valence electrons. The molecule has 1 aromatic carbocycles. The van der Waals surface area contributed by atoms with Gasteiger partial charge in [-0.1, -0.05) is 23.8 Å². The van der Waals surface area contributed by atoms with Crippen LogP contribution in [0.15, 0.2) is 28.9 Å². The van der Waals surface area contributed by atoms with Gasteiger partial charge in [-0.3, -0.25) is 0 Å². The summed E-state index contributed by atoms with van der Waals surface area (Å²) in [4.78, 5) is 15.5. The average Bonchev–Trinajstić information content (AvgIpc) is 2.27. The molecule has 0 fully saturated rings. The van der Waals surface area contributed by atoms with Crippen LogP contribution >= 0.6 is 15.9 Å². The Morgan fingerprint density at radius 2 is 2.12 bits per heavy atom. The fraction of sp³-hybridized carbons (Fsp3) is 0.167. The summed E-state index contributed by atoms with van der Waals surface area (Å²) in [6, 6.07) is 7.72. The lowest BCUT2D eigenvalue weighted by Gasteiger charge is -2.04. The number of methoxy groups -OCH3 is 1. The van der Waals surface area contributed by atoms with Crippen molar-refractivity contribution in [3.8, 4) is 0 Å². The zero-order valence-corrected chi connectivity index (χ0v) is 10.5. The van der Waals surface area contributed by atoms with Gasteiger partial charge in [0, 0.05) is 5.39 Å². The van der Waals surface area contributed by atoms with E-state index in [0.717, 1.165) is 16.3 Å². The Morgan fingerprint density at radius 1 is 1.38 bits per heavy atom. The van der Waals surface area contributed by atoms with Crippen molar-refractivity contribution in [3.05, 3.63) is 40.1 Å². The minimum absolute atomic E-state index is 0.312. The van der Waals surface area contributed by atoms with Gasteiger partial charge in [-0.2, -0.15) is 0 Å². The average molecular weight is 280 g/mol. The number of carbonyl (C=O) groups excluding carboxylic acids is 1. The zero-order valence-electron chi connectivity index (χ0n) is 8.95. The van der Waals surface area contributed by atoms with E-state index in [4.69, 9.17) is 0 Å². The molecular weight excluding hydrogens is 270 g/mol. The fourth-order valence-electron chi connectivity index (χ4n) is 1.54. The van der Waals surface area contributed by atoms with E-state index < -0.39 is 5.97 Å². The molecule has 0 N–H and O–H groups in total. The van der Waals surface area contributed by atoms with Gasteiger partial charge in [0.25, 0.3) is 0 Å². The molecule has 0 saturated carbocycles. The lowest BCUT2D eigenvalue weighted by Crippen LogP contribution is -2.04. The highest BCUT2D eigenvalue weighted by Gasteiger charge is 2.10. The summed E-state index contributed by atoms with van der Waals surface area (Å²) >= 11 is 3.35. The second-order valence-electron chi connectivity index (χ2n) is 3.51. The SMILES string of the molecule is COC(=O)c1cc2cc(C)ccc2c(Br)n1. The van der Waals surface area contributed by atoms with Crippen LogP contribution in [-0.2, 0) is 4.74 Å². The topological polar surface area (TPSA) is 39.2 Å². The molecule has 4 heteroatoms. The Morgan fingerprint density at radius 3 is 2.81 bits per heavy atom. The fourth-order valence-corrected chi connectivity index (χ4v) is 2.10. The number of nitrogens with zero attached hydrogens (tertiary/aromatic N) is 1. The number of benzene rings is 1. The van der Waals surface area contributed by atoms with Gasteiger partial charge in [-0.15, -0.1) is 0 Å². The molecule has 0 aliphatic carbocycles. The Kier molecular flexibility index (Phi) is 2.92. The maximum atomic E-state index is 11.4. The smallest absolute Gasteiger partial charge is 0.356 e. The van der Waals surface area contributed by atoms with E-state index >= 15 is 0 Å². The first-order valence-electron chi connectivity index (χ1n) is 4.77. The molecule has 3 nitrogen and oxygen atoms in total. The van der Waals surface area contributed by atoms with Gasteiger partial charge in [0.2, 0.25) is 0 Å². The van der Waals surface area contributed by atoms with Crippen LogP contribution in [0.1, 0.15) is 16.1 Å². The van der Waals surface area contributed by atoms with Gasteiger partial charge < -0.3 is 4.74 Å². The van der Waals surface area contributed by atoms with Crippen molar-refractivity contribution in [1.29, 1.82) is 0 Å². The van der Waals surface area contributed by atoms with E-state index in [2.05, 4.69) is 25.7 Å². The molecule has 1 aromatic heterocycles. The molecule has 0 radical (unpaired) electrons. The van der Waals surface area contributed by atoms with Crippen molar-refractivity contribution in [3.63, 3.8) is 0 Å². The summed E-state index contributed by atoms with van der Waals surface area (Å²) in [7, 11) is 1.35. The minimum atomic E-state index is -0.427. The maximum Gasteiger partial charge on any atom is 0.356 e. The molecule has 0 aliphatic heterocycles. The van der Waals surface area contributed by atoms with Gasteiger partial charge in [0.1, 0.15) is 10.3 Å². The van der Waals surface area contributed by atoms with Crippen LogP contribution in [0.2, 0.25) is 0 Å². The zero-order chi connectivity index (χ0) is 11.7. The van der Waals surface area contributed by atoms with Crippen LogP contribution in [0.25, 0.3) is 10.8 Å². The van der Waals surface area contributed by atoms with E-state index in [1.165, 1.54) is 7.11 Å². The number of ether oxygens (including phenoxy) is 1. The first-order valence-corrected chi connectivity index (χ1v) is 5.56. The lowest BCUT2D eigenvalue weighted by atomic mass is 10.1. The summed E-state index contributed by atoms with van der Waals surface area (Å²) in [5.41, 5.74) is 1.45. The lowest BCUT2D eigenvalue weighted by molar-refractivity contribution is 0.0594. The minimum Gasteiger partial charge on any atom is -0.464 e. The van der Waals surface area contributed by atoms with Gasteiger partial charge in [-0.05, 0) is 34.3 Å². The number of halogens is 1. The number of esters is 1. The van der Waals surface area contributed by atoms with Crippen molar-refractivity contribution >= 4 is 32.7 Å². The van der Waals surface area contributed by atoms with Crippen molar-refractivity contribution < 1.29 is 9.53 Å². The quantitative estimate of drug-likeness (QED) is 0.595. The number of pyridine rings is 1. The van der Waals surface area contributed by atoms with Crippen LogP contribution in [0, 0.1) is 6.92 Å². The second-order valence-corrected chi connectivity index (χ2v) is 4.27. The number of hydrogen-bond acceptors (Lipinski definition) is 3. The highest BCUT2D eigenvalue weighted by Crippen LogP contribution is 2.24. The molecule has 0 spiro atoms. The Balaban J connectivity index is 2.69. The van der Waals surface area contributed by atoms with E-state index in [0.29, 0.717) is 10.3 Å². The monoisotopic (exact) mass is 279 g/mol. The molecular formula is C12H10BrNO2. The van der Waals surface area contributed by atoms with Crippen LogP contribution in [0.3, 0.4) is 0 Å². The van der Waals surface area contributed by atoms with Crippen molar-refractivity contribution in [2.24, 2.45) is 0 Å². The molecule has 2 aromatic rings. The second kappa shape index (κ2) is 4.22. The molecule has 0 atom stereocenters. The third kappa shape index (κ3) is 1.93. The highest BCUT2D eigenvalue weighted by atomic mass is 79.9. The molecule has 0 saturated heterocycles. The van der Waals surface area contributed by atoms with Gasteiger partial charge in [0.05, 0.1) is 7.11 Å². The number of hydrogen-bond donors (Lipinski definition) is 0. The summed E-state index contributed by atoms with van der Waals surface area (Å²) in [6.07, 6.45) is 0. The summed E-state index contributed by atoms with van der Waals surface area (Å²) in [5, 5.41) is 1.96. The predicted octanol–water partition coefficient (Wildman–Crippen LogP) is 3.09. The maximum absolute atomic E-state index is 11.4. The molecule has 2 rings (SSSR count). The van der Waals surface area contributed by atoms with Crippen molar-refractivity contribution in [2.75, 3.05) is 7.11 Å². The molecule has 0 amide bonds. The van der Waals surface area contributed by atoms with Gasteiger partial charge in [-0.25, -0.2) is 9.78 Å². The first-order chi connectivity index (χ1) is 7.61. The largest absolute Gasteiger partial charge is 0.464 e. The Hall–Kier alpha value is -1.42. The van der Waals surface area contributed by atoms with Gasteiger partial charge >= 0.3 is 5.97 Å². The predicted molar refractivity (Wildman–Crippen MR) is 65.5 cm³/mol. The molecule has 0 unspecified atom stereocenters. The molecule has 16 heavy (non-hydrogen) atoms. The normalized spacial score (nSPS) is 10.4. The van der Waals surface area contributed by atoms with Crippen LogP contribution in [0.5, 0.6) is 0 Å². The van der Waals surface area contributed by atoms with Crippen LogP contribution < -0.4 is 0 Å². The first kappa shape index (κ1) is 11.1. The number of aromatic nitrogens is 1.